The van der Waals surface area contributed by atoms with Crippen LogP contribution in [0.15, 0.2) is 22.6 Å². The van der Waals surface area contributed by atoms with Crippen molar-refractivity contribution in [1.82, 2.24) is 15.1 Å². The van der Waals surface area contributed by atoms with Gasteiger partial charge in [-0.3, -0.25) is 4.90 Å². The molecular formula is C17H23N3O3. The molecule has 0 radical (unpaired) electrons. The summed E-state index contributed by atoms with van der Waals surface area (Å²) in [5.41, 5.74) is 1.16. The molecule has 6 heteroatoms. The van der Waals surface area contributed by atoms with Gasteiger partial charge in [0.05, 0.1) is 20.8 Å². The highest BCUT2D eigenvalue weighted by Gasteiger charge is 2.29. The van der Waals surface area contributed by atoms with Gasteiger partial charge in [0.25, 0.3) is 0 Å². The van der Waals surface area contributed by atoms with Crippen LogP contribution in [0.2, 0.25) is 0 Å². The van der Waals surface area contributed by atoms with E-state index in [1.807, 2.05) is 18.2 Å². The van der Waals surface area contributed by atoms with Crippen LogP contribution in [0.1, 0.15) is 43.0 Å². The zero-order chi connectivity index (χ0) is 16.2. The summed E-state index contributed by atoms with van der Waals surface area (Å²) in [6.07, 6.45) is 2.34. The topological polar surface area (TPSA) is 60.6 Å². The molecule has 3 rings (SSSR count). The Kier molecular flexibility index (Phi) is 4.81. The Hall–Kier alpha value is -2.08. The molecule has 1 aromatic carbocycles. The average molecular weight is 317 g/mol. The van der Waals surface area contributed by atoms with Crippen molar-refractivity contribution in [2.45, 2.75) is 38.8 Å². The molecule has 1 saturated carbocycles. The van der Waals surface area contributed by atoms with Crippen molar-refractivity contribution in [3.63, 3.8) is 0 Å². The van der Waals surface area contributed by atoms with E-state index in [0.29, 0.717) is 18.4 Å². The van der Waals surface area contributed by atoms with Gasteiger partial charge in [0.15, 0.2) is 11.5 Å². The maximum absolute atomic E-state index is 5.75. The SMILES string of the molecule is CCN(Cc1ccc(OC)c(OC)c1)Cc1nnc(C2CC2)o1. The molecule has 124 valence electrons. The van der Waals surface area contributed by atoms with E-state index in [1.54, 1.807) is 14.2 Å². The lowest BCUT2D eigenvalue weighted by Crippen LogP contribution is -2.22. The number of hydrogen-bond acceptors (Lipinski definition) is 6. The Morgan fingerprint density at radius 3 is 2.57 bits per heavy atom. The molecule has 0 saturated heterocycles. The zero-order valence-electron chi connectivity index (χ0n) is 13.9. The molecule has 1 aromatic heterocycles. The molecular weight excluding hydrogens is 294 g/mol. The van der Waals surface area contributed by atoms with Crippen LogP contribution in [0.5, 0.6) is 11.5 Å². The Morgan fingerprint density at radius 1 is 1.13 bits per heavy atom. The second kappa shape index (κ2) is 7.00. The Labute approximate surface area is 136 Å². The summed E-state index contributed by atoms with van der Waals surface area (Å²) in [6.45, 7) is 4.47. The van der Waals surface area contributed by atoms with E-state index in [2.05, 4.69) is 22.0 Å². The monoisotopic (exact) mass is 317 g/mol. The maximum Gasteiger partial charge on any atom is 0.230 e. The van der Waals surface area contributed by atoms with Gasteiger partial charge in [0.1, 0.15) is 0 Å². The van der Waals surface area contributed by atoms with Crippen molar-refractivity contribution >= 4 is 0 Å². The lowest BCUT2D eigenvalue weighted by Gasteiger charge is -2.19. The van der Waals surface area contributed by atoms with E-state index in [4.69, 9.17) is 13.9 Å². The minimum atomic E-state index is 0.497. The maximum atomic E-state index is 5.75. The van der Waals surface area contributed by atoms with Crippen LogP contribution in [0.25, 0.3) is 0 Å². The zero-order valence-corrected chi connectivity index (χ0v) is 13.9. The molecule has 23 heavy (non-hydrogen) atoms. The van der Waals surface area contributed by atoms with Gasteiger partial charge >= 0.3 is 0 Å². The highest BCUT2D eigenvalue weighted by Crippen LogP contribution is 2.39. The molecule has 0 amide bonds. The standard InChI is InChI=1S/C17H23N3O3/c1-4-20(11-16-18-19-17(23-16)13-6-7-13)10-12-5-8-14(21-2)15(9-12)22-3/h5,8-9,13H,4,6-7,10-11H2,1-3H3. The summed E-state index contributed by atoms with van der Waals surface area (Å²) in [7, 11) is 3.29. The van der Waals surface area contributed by atoms with Gasteiger partial charge in [0.2, 0.25) is 11.8 Å². The van der Waals surface area contributed by atoms with Crippen molar-refractivity contribution in [2.75, 3.05) is 20.8 Å². The van der Waals surface area contributed by atoms with Crippen LogP contribution in [0, 0.1) is 0 Å². The molecule has 0 atom stereocenters. The smallest absolute Gasteiger partial charge is 0.230 e. The summed E-state index contributed by atoms with van der Waals surface area (Å²) < 4.78 is 16.4. The van der Waals surface area contributed by atoms with E-state index in [1.165, 1.54) is 12.8 Å². The number of aromatic nitrogens is 2. The second-order valence-electron chi connectivity index (χ2n) is 5.80. The molecule has 0 spiro atoms. The van der Waals surface area contributed by atoms with E-state index >= 15 is 0 Å². The predicted octanol–water partition coefficient (Wildman–Crippen LogP) is 2.99. The van der Waals surface area contributed by atoms with Crippen LogP contribution >= 0.6 is 0 Å². The number of nitrogens with zero attached hydrogens (tertiary/aromatic N) is 3. The van der Waals surface area contributed by atoms with Crippen LogP contribution in [-0.4, -0.2) is 35.9 Å². The highest BCUT2D eigenvalue weighted by molar-refractivity contribution is 5.42. The molecule has 0 N–H and O–H groups in total. The number of ether oxygens (including phenoxy) is 2. The normalized spacial score (nSPS) is 14.3. The molecule has 2 aromatic rings. The third-order valence-electron chi connectivity index (χ3n) is 4.07. The fourth-order valence-electron chi connectivity index (χ4n) is 2.53. The fraction of sp³-hybridized carbons (Fsp3) is 0.529. The first kappa shape index (κ1) is 15.8. The molecule has 0 unspecified atom stereocenters. The Bertz CT molecular complexity index is 652. The van der Waals surface area contributed by atoms with Crippen molar-refractivity contribution in [3.8, 4) is 11.5 Å². The molecule has 6 nitrogen and oxygen atoms in total. The largest absolute Gasteiger partial charge is 0.493 e. The molecule has 1 heterocycles. The molecule has 0 aliphatic heterocycles. The van der Waals surface area contributed by atoms with Crippen molar-refractivity contribution in [2.24, 2.45) is 0 Å². The summed E-state index contributed by atoms with van der Waals surface area (Å²) >= 11 is 0. The lowest BCUT2D eigenvalue weighted by atomic mass is 10.2. The van der Waals surface area contributed by atoms with Gasteiger partial charge < -0.3 is 13.9 Å². The third kappa shape index (κ3) is 3.82. The van der Waals surface area contributed by atoms with Gasteiger partial charge in [-0.2, -0.15) is 0 Å². The summed E-state index contributed by atoms with van der Waals surface area (Å²) in [5, 5.41) is 8.31. The number of rotatable bonds is 8. The molecule has 1 aliphatic carbocycles. The minimum Gasteiger partial charge on any atom is -0.493 e. The van der Waals surface area contributed by atoms with Crippen LogP contribution in [0.4, 0.5) is 0 Å². The molecule has 0 bridgehead atoms. The third-order valence-corrected chi connectivity index (χ3v) is 4.07. The first-order chi connectivity index (χ1) is 11.2. The van der Waals surface area contributed by atoms with E-state index in [0.717, 1.165) is 36.0 Å². The van der Waals surface area contributed by atoms with Gasteiger partial charge in [-0.25, -0.2) is 0 Å². The first-order valence-corrected chi connectivity index (χ1v) is 7.99. The summed E-state index contributed by atoms with van der Waals surface area (Å²) in [6, 6.07) is 5.98. The van der Waals surface area contributed by atoms with Crippen molar-refractivity contribution < 1.29 is 13.9 Å². The molecule has 1 aliphatic rings. The average Bonchev–Trinajstić information content (AvgIpc) is 3.33. The second-order valence-corrected chi connectivity index (χ2v) is 5.80. The fourth-order valence-corrected chi connectivity index (χ4v) is 2.53. The summed E-state index contributed by atoms with van der Waals surface area (Å²) in [4.78, 5) is 2.26. The van der Waals surface area contributed by atoms with Gasteiger partial charge in [-0.15, -0.1) is 10.2 Å². The van der Waals surface area contributed by atoms with Gasteiger partial charge in [-0.05, 0) is 37.1 Å². The quantitative estimate of drug-likeness (QED) is 0.746. The van der Waals surface area contributed by atoms with Crippen molar-refractivity contribution in [1.29, 1.82) is 0 Å². The number of methoxy groups -OCH3 is 2. The van der Waals surface area contributed by atoms with Crippen molar-refractivity contribution in [3.05, 3.63) is 35.5 Å². The highest BCUT2D eigenvalue weighted by atomic mass is 16.5. The Balaban J connectivity index is 1.66. The van der Waals surface area contributed by atoms with Crippen LogP contribution in [-0.2, 0) is 13.1 Å². The van der Waals surface area contributed by atoms with E-state index in [9.17, 15) is 0 Å². The van der Waals surface area contributed by atoms with Crippen LogP contribution < -0.4 is 9.47 Å². The summed E-state index contributed by atoms with van der Waals surface area (Å²) in [5.74, 6) is 3.47. The van der Waals surface area contributed by atoms with E-state index < -0.39 is 0 Å². The van der Waals surface area contributed by atoms with Gasteiger partial charge in [-0.1, -0.05) is 13.0 Å². The Morgan fingerprint density at radius 2 is 1.91 bits per heavy atom. The molecule has 1 fully saturated rings. The van der Waals surface area contributed by atoms with Gasteiger partial charge in [0, 0.05) is 12.5 Å². The lowest BCUT2D eigenvalue weighted by molar-refractivity contribution is 0.239. The van der Waals surface area contributed by atoms with E-state index in [-0.39, 0.29) is 0 Å². The number of benzene rings is 1. The minimum absolute atomic E-state index is 0.497. The first-order valence-electron chi connectivity index (χ1n) is 7.99. The predicted molar refractivity (Wildman–Crippen MR) is 85.6 cm³/mol. The number of hydrogen-bond donors (Lipinski definition) is 0. The van der Waals surface area contributed by atoms with Crippen LogP contribution in [0.3, 0.4) is 0 Å².